The van der Waals surface area contributed by atoms with E-state index in [1.165, 1.54) is 30.0 Å². The Labute approximate surface area is 203 Å². The Morgan fingerprint density at radius 1 is 1.15 bits per heavy atom. The van der Waals surface area contributed by atoms with Gasteiger partial charge >= 0.3 is 6.18 Å². The van der Waals surface area contributed by atoms with E-state index in [1.54, 1.807) is 19.1 Å². The van der Waals surface area contributed by atoms with Gasteiger partial charge in [0.15, 0.2) is 4.34 Å². The third kappa shape index (κ3) is 6.48. The number of nitrogens with one attached hydrogen (secondary N) is 1. The molecule has 0 saturated carbocycles. The van der Waals surface area contributed by atoms with Gasteiger partial charge in [-0.2, -0.15) is 13.2 Å². The second kappa shape index (κ2) is 10.3. The minimum Gasteiger partial charge on any atom is -0.299 e. The van der Waals surface area contributed by atoms with Crippen molar-refractivity contribution in [2.75, 3.05) is 16.2 Å². The third-order valence-corrected chi connectivity index (χ3v) is 8.06. The number of hydrogen-bond acceptors (Lipinski definition) is 7. The second-order valence-corrected chi connectivity index (χ2v) is 12.1. The fourth-order valence-electron chi connectivity index (χ4n) is 2.79. The van der Waals surface area contributed by atoms with Crippen LogP contribution in [0.1, 0.15) is 25.0 Å². The zero-order valence-electron chi connectivity index (χ0n) is 18.3. The first-order valence-corrected chi connectivity index (χ1v) is 13.1. The van der Waals surface area contributed by atoms with E-state index in [2.05, 4.69) is 15.5 Å². The van der Waals surface area contributed by atoms with Crippen LogP contribution in [0.3, 0.4) is 0 Å². The summed E-state index contributed by atoms with van der Waals surface area (Å²) < 4.78 is 67.8. The number of alkyl halides is 3. The van der Waals surface area contributed by atoms with E-state index >= 15 is 0 Å². The minimum absolute atomic E-state index is 0.157. The Bertz CT molecular complexity index is 1260. The molecule has 1 N–H and O–H groups in total. The second-order valence-electron chi connectivity index (χ2n) is 7.46. The predicted octanol–water partition coefficient (Wildman–Crippen LogP) is 5.20. The van der Waals surface area contributed by atoms with Gasteiger partial charge in [-0.3, -0.25) is 14.4 Å². The number of halogens is 3. The lowest BCUT2D eigenvalue weighted by molar-refractivity contribution is -0.137. The molecule has 0 unspecified atom stereocenters. The summed E-state index contributed by atoms with van der Waals surface area (Å²) >= 11 is 2.56. The lowest BCUT2D eigenvalue weighted by Gasteiger charge is -2.24. The van der Waals surface area contributed by atoms with E-state index in [0.717, 1.165) is 29.0 Å². The highest BCUT2D eigenvalue weighted by Gasteiger charge is 2.33. The smallest absolute Gasteiger partial charge is 0.299 e. The molecule has 34 heavy (non-hydrogen) atoms. The SMILES string of the molecule is Cc1ccc(S(=O)(=O)N(CC(=O)Nc2nnc(SC(C)C)s2)c2cccc(C(F)(F)F)c2)cc1. The van der Waals surface area contributed by atoms with Crippen molar-refractivity contribution in [3.8, 4) is 0 Å². The maximum absolute atomic E-state index is 13.4. The number of hydrogen-bond donors (Lipinski definition) is 1. The lowest BCUT2D eigenvalue weighted by atomic mass is 10.2. The number of aryl methyl sites for hydroxylation is 1. The molecule has 0 spiro atoms. The Morgan fingerprint density at radius 3 is 2.44 bits per heavy atom. The minimum atomic E-state index is -4.69. The number of benzene rings is 2. The molecule has 1 heterocycles. The molecule has 1 aromatic heterocycles. The van der Waals surface area contributed by atoms with Crippen molar-refractivity contribution >= 4 is 49.8 Å². The van der Waals surface area contributed by atoms with Crippen LogP contribution < -0.4 is 9.62 Å². The summed E-state index contributed by atoms with van der Waals surface area (Å²) in [5, 5.41) is 10.7. The van der Waals surface area contributed by atoms with Crippen molar-refractivity contribution in [3.05, 3.63) is 59.7 Å². The lowest BCUT2D eigenvalue weighted by Crippen LogP contribution is -2.38. The first-order chi connectivity index (χ1) is 15.9. The molecule has 0 fully saturated rings. The van der Waals surface area contributed by atoms with Gasteiger partial charge in [0.25, 0.3) is 10.0 Å². The molecule has 0 atom stereocenters. The third-order valence-electron chi connectivity index (χ3n) is 4.35. The summed E-state index contributed by atoms with van der Waals surface area (Å²) in [6.07, 6.45) is -4.69. The molecular formula is C21H21F3N4O3S3. The number of nitrogens with zero attached hydrogens (tertiary/aromatic N) is 3. The Hall–Kier alpha value is -2.64. The maximum Gasteiger partial charge on any atom is 0.416 e. The van der Waals surface area contributed by atoms with Crippen molar-refractivity contribution in [2.24, 2.45) is 0 Å². The van der Waals surface area contributed by atoms with Crippen LogP contribution in [0.25, 0.3) is 0 Å². The summed E-state index contributed by atoms with van der Waals surface area (Å²) in [7, 11) is -4.36. The molecule has 0 aliphatic rings. The summed E-state index contributed by atoms with van der Waals surface area (Å²) in [5.41, 5.74) is -0.526. The zero-order chi connectivity index (χ0) is 25.1. The molecule has 0 radical (unpaired) electrons. The Kier molecular flexibility index (Phi) is 7.88. The van der Waals surface area contributed by atoms with E-state index in [0.29, 0.717) is 14.7 Å². The number of carbonyl (C=O) groups is 1. The van der Waals surface area contributed by atoms with Crippen LogP contribution >= 0.6 is 23.1 Å². The molecule has 1 amide bonds. The molecule has 0 aliphatic carbocycles. The number of rotatable bonds is 8. The van der Waals surface area contributed by atoms with E-state index in [-0.39, 0.29) is 21.0 Å². The average molecular weight is 531 g/mol. The Morgan fingerprint density at radius 2 is 1.82 bits per heavy atom. The van der Waals surface area contributed by atoms with Gasteiger partial charge in [0.05, 0.1) is 16.1 Å². The van der Waals surface area contributed by atoms with E-state index in [9.17, 15) is 26.4 Å². The summed E-state index contributed by atoms with van der Waals surface area (Å²) in [6.45, 7) is 4.94. The number of thioether (sulfide) groups is 1. The average Bonchev–Trinajstić information content (AvgIpc) is 3.17. The van der Waals surface area contributed by atoms with Crippen LogP contribution in [0.2, 0.25) is 0 Å². The monoisotopic (exact) mass is 530 g/mol. The molecular weight excluding hydrogens is 509 g/mol. The topological polar surface area (TPSA) is 92.3 Å². The van der Waals surface area contributed by atoms with Gasteiger partial charge in [-0.1, -0.05) is 60.7 Å². The first-order valence-electron chi connectivity index (χ1n) is 9.93. The highest BCUT2D eigenvalue weighted by molar-refractivity contribution is 8.01. The molecule has 0 bridgehead atoms. The van der Waals surface area contributed by atoms with Gasteiger partial charge in [-0.25, -0.2) is 8.42 Å². The largest absolute Gasteiger partial charge is 0.416 e. The van der Waals surface area contributed by atoms with Gasteiger partial charge < -0.3 is 0 Å². The van der Waals surface area contributed by atoms with Crippen LogP contribution in [0, 0.1) is 6.92 Å². The number of carbonyl (C=O) groups excluding carboxylic acids is 1. The normalized spacial score (nSPS) is 12.1. The molecule has 0 saturated heterocycles. The quantitative estimate of drug-likeness (QED) is 0.318. The van der Waals surface area contributed by atoms with Crippen LogP contribution in [-0.2, 0) is 21.0 Å². The number of aromatic nitrogens is 2. The fraction of sp³-hybridized carbons (Fsp3) is 0.286. The van der Waals surface area contributed by atoms with Crippen LogP contribution in [0.4, 0.5) is 24.0 Å². The van der Waals surface area contributed by atoms with Crippen molar-refractivity contribution in [1.29, 1.82) is 0 Å². The maximum atomic E-state index is 13.4. The van der Waals surface area contributed by atoms with E-state index < -0.39 is 34.2 Å². The summed E-state index contributed by atoms with van der Waals surface area (Å²) in [6, 6.07) is 9.62. The standard InChI is InChI=1S/C21H21F3N4O3S3/c1-13(2)32-20-27-26-19(33-20)25-18(29)12-28(16-6-4-5-15(11-16)21(22,23)24)34(30,31)17-9-7-14(3)8-10-17/h4-11,13H,12H2,1-3H3,(H,25,26,29). The molecule has 0 aliphatic heterocycles. The van der Waals surface area contributed by atoms with Crippen LogP contribution in [0.15, 0.2) is 57.8 Å². The fourth-order valence-corrected chi connectivity index (χ4v) is 6.19. The molecule has 3 aromatic rings. The van der Waals surface area contributed by atoms with Crippen molar-refractivity contribution in [3.63, 3.8) is 0 Å². The molecule has 3 rings (SSSR count). The summed E-state index contributed by atoms with van der Waals surface area (Å²) in [4.78, 5) is 12.6. The zero-order valence-corrected chi connectivity index (χ0v) is 20.8. The molecule has 2 aromatic carbocycles. The number of anilines is 2. The van der Waals surface area contributed by atoms with Gasteiger partial charge in [-0.05, 0) is 37.3 Å². The van der Waals surface area contributed by atoms with Gasteiger partial charge in [0, 0.05) is 5.25 Å². The van der Waals surface area contributed by atoms with Gasteiger partial charge in [-0.15, -0.1) is 10.2 Å². The first kappa shape index (κ1) is 26.0. The van der Waals surface area contributed by atoms with Crippen LogP contribution in [0.5, 0.6) is 0 Å². The highest BCUT2D eigenvalue weighted by atomic mass is 32.2. The van der Waals surface area contributed by atoms with E-state index in [1.807, 2.05) is 13.8 Å². The molecule has 13 heteroatoms. The van der Waals surface area contributed by atoms with Crippen LogP contribution in [-0.4, -0.2) is 36.3 Å². The number of sulfonamides is 1. The number of amides is 1. The van der Waals surface area contributed by atoms with Gasteiger partial charge in [0.2, 0.25) is 11.0 Å². The molecule has 7 nitrogen and oxygen atoms in total. The van der Waals surface area contributed by atoms with Crippen molar-refractivity contribution < 1.29 is 26.4 Å². The van der Waals surface area contributed by atoms with Crippen molar-refractivity contribution in [2.45, 2.75) is 41.4 Å². The van der Waals surface area contributed by atoms with E-state index in [4.69, 9.17) is 0 Å². The summed E-state index contributed by atoms with van der Waals surface area (Å²) in [5.74, 6) is -0.773. The Balaban J connectivity index is 1.94. The highest BCUT2D eigenvalue weighted by Crippen LogP contribution is 2.33. The predicted molar refractivity (Wildman–Crippen MR) is 127 cm³/mol. The van der Waals surface area contributed by atoms with Gasteiger partial charge in [0.1, 0.15) is 6.54 Å². The van der Waals surface area contributed by atoms with Crippen molar-refractivity contribution in [1.82, 2.24) is 10.2 Å². The molecule has 182 valence electrons.